The van der Waals surface area contributed by atoms with Crippen LogP contribution in [0.15, 0.2) is 6.07 Å². The van der Waals surface area contributed by atoms with E-state index in [2.05, 4.69) is 10.4 Å². The highest BCUT2D eigenvalue weighted by molar-refractivity contribution is 5.80. The molecule has 3 saturated carbocycles. The van der Waals surface area contributed by atoms with Crippen molar-refractivity contribution in [3.05, 3.63) is 17.5 Å². The summed E-state index contributed by atoms with van der Waals surface area (Å²) >= 11 is 0. The number of carbonyl (C=O) groups is 1. The molecule has 4 nitrogen and oxygen atoms in total. The minimum absolute atomic E-state index is 0.0577. The van der Waals surface area contributed by atoms with Gasteiger partial charge in [0, 0.05) is 17.7 Å². The molecule has 1 aromatic rings. The number of alkyl halides is 3. The first-order valence-corrected chi connectivity index (χ1v) is 9.71. The van der Waals surface area contributed by atoms with Crippen LogP contribution >= 0.6 is 0 Å². The molecule has 3 aliphatic carbocycles. The quantitative estimate of drug-likeness (QED) is 0.842. The molecule has 7 heteroatoms. The summed E-state index contributed by atoms with van der Waals surface area (Å²) in [6, 6.07) is 0.436. The second-order valence-corrected chi connectivity index (χ2v) is 8.48. The smallest absolute Gasteiger partial charge is 0.352 e. The molecule has 3 fully saturated rings. The van der Waals surface area contributed by atoms with Gasteiger partial charge in [-0.05, 0) is 69.8 Å². The normalized spacial score (nSPS) is 30.4. The molecule has 0 spiro atoms. The van der Waals surface area contributed by atoms with Gasteiger partial charge in [0.05, 0.1) is 0 Å². The van der Waals surface area contributed by atoms with Crippen LogP contribution in [-0.4, -0.2) is 21.7 Å². The van der Waals surface area contributed by atoms with E-state index in [1.54, 1.807) is 6.92 Å². The molecular weight excluding hydrogens is 343 g/mol. The van der Waals surface area contributed by atoms with E-state index < -0.39 is 17.9 Å². The number of hydrogen-bond donors (Lipinski definition) is 1. The van der Waals surface area contributed by atoms with Crippen molar-refractivity contribution < 1.29 is 18.0 Å². The van der Waals surface area contributed by atoms with Crippen LogP contribution in [0.3, 0.4) is 0 Å². The molecule has 0 radical (unpaired) electrons. The molecule has 1 aromatic heterocycles. The van der Waals surface area contributed by atoms with Gasteiger partial charge in [0.15, 0.2) is 5.69 Å². The van der Waals surface area contributed by atoms with E-state index in [-0.39, 0.29) is 17.9 Å². The van der Waals surface area contributed by atoms with Gasteiger partial charge >= 0.3 is 6.18 Å². The monoisotopic (exact) mass is 369 g/mol. The average molecular weight is 369 g/mol. The molecule has 0 aliphatic heterocycles. The first kappa shape index (κ1) is 17.9. The number of amides is 1. The number of nitrogens with one attached hydrogen (secondary N) is 1. The topological polar surface area (TPSA) is 46.9 Å². The predicted octanol–water partition coefficient (Wildman–Crippen LogP) is 4.28. The Kier molecular flexibility index (Phi) is 4.31. The Morgan fingerprint density at radius 1 is 1.23 bits per heavy atom. The third kappa shape index (κ3) is 3.25. The van der Waals surface area contributed by atoms with Gasteiger partial charge in [-0.15, -0.1) is 0 Å². The zero-order valence-corrected chi connectivity index (χ0v) is 15.2. The van der Waals surface area contributed by atoms with Crippen molar-refractivity contribution in [3.63, 3.8) is 0 Å². The van der Waals surface area contributed by atoms with Crippen molar-refractivity contribution in [2.75, 3.05) is 0 Å². The van der Waals surface area contributed by atoms with Gasteiger partial charge in [0.25, 0.3) is 0 Å². The summed E-state index contributed by atoms with van der Waals surface area (Å²) in [4.78, 5) is 12.7. The second-order valence-electron chi connectivity index (χ2n) is 8.48. The van der Waals surface area contributed by atoms with Gasteiger partial charge in [-0.2, -0.15) is 18.3 Å². The van der Waals surface area contributed by atoms with Crippen molar-refractivity contribution in [1.29, 1.82) is 0 Å². The zero-order chi connectivity index (χ0) is 18.6. The van der Waals surface area contributed by atoms with E-state index in [1.165, 1.54) is 23.9 Å². The highest BCUT2D eigenvalue weighted by Gasteiger charge is 2.43. The highest BCUT2D eigenvalue weighted by Crippen LogP contribution is 2.49. The summed E-state index contributed by atoms with van der Waals surface area (Å²) in [5, 5.41) is 6.80. The molecule has 144 valence electrons. The van der Waals surface area contributed by atoms with Crippen molar-refractivity contribution in [2.24, 2.45) is 17.8 Å². The van der Waals surface area contributed by atoms with Crippen LogP contribution in [0, 0.1) is 17.8 Å². The first-order chi connectivity index (χ1) is 12.2. The molecule has 0 saturated heterocycles. The number of carbonyl (C=O) groups excluding carboxylic acids is 1. The maximum Gasteiger partial charge on any atom is 0.435 e. The first-order valence-electron chi connectivity index (χ1n) is 9.71. The average Bonchev–Trinajstić information content (AvgIpc) is 3.00. The van der Waals surface area contributed by atoms with Gasteiger partial charge in [-0.1, -0.05) is 6.42 Å². The molecule has 1 N–H and O–H groups in total. The SMILES string of the molecule is CC(NC(=O)C(C)n1nc(C(F)(F)F)cc1C1CC1)C1CC2CCC1C2. The molecular formula is C19H26F3N3O. The standard InChI is InChI=1S/C19H26F3N3O/c1-10(15-8-12-3-4-14(15)7-12)23-18(26)11(2)25-16(13-5-6-13)9-17(24-25)19(20,21)22/h9-15H,3-8H2,1-2H3,(H,23,26). The summed E-state index contributed by atoms with van der Waals surface area (Å²) < 4.78 is 40.5. The Labute approximate surface area is 151 Å². The number of aromatic nitrogens is 2. The van der Waals surface area contributed by atoms with E-state index in [0.717, 1.165) is 31.2 Å². The second kappa shape index (κ2) is 6.27. The number of fused-ring (bicyclic) bond motifs is 2. The van der Waals surface area contributed by atoms with Crippen LogP contribution in [0.4, 0.5) is 13.2 Å². The van der Waals surface area contributed by atoms with Crippen LogP contribution in [0.1, 0.15) is 75.7 Å². The van der Waals surface area contributed by atoms with Crippen molar-refractivity contribution >= 4 is 5.91 Å². The van der Waals surface area contributed by atoms with Crippen molar-refractivity contribution in [3.8, 4) is 0 Å². The largest absolute Gasteiger partial charge is 0.435 e. The lowest BCUT2D eigenvalue weighted by Gasteiger charge is -2.29. The van der Waals surface area contributed by atoms with E-state index >= 15 is 0 Å². The fourth-order valence-electron chi connectivity index (χ4n) is 5.01. The molecule has 4 rings (SSSR count). The third-order valence-corrected chi connectivity index (χ3v) is 6.60. The van der Waals surface area contributed by atoms with E-state index in [9.17, 15) is 18.0 Å². The van der Waals surface area contributed by atoms with Crippen LogP contribution in [-0.2, 0) is 11.0 Å². The fraction of sp³-hybridized carbons (Fsp3) is 0.789. The summed E-state index contributed by atoms with van der Waals surface area (Å²) in [5.41, 5.74) is -0.368. The third-order valence-electron chi connectivity index (χ3n) is 6.60. The summed E-state index contributed by atoms with van der Waals surface area (Å²) in [7, 11) is 0. The molecule has 1 heterocycles. The number of nitrogens with zero attached hydrogens (tertiary/aromatic N) is 2. The predicted molar refractivity (Wildman–Crippen MR) is 90.5 cm³/mol. The maximum absolute atomic E-state index is 13.1. The Hall–Kier alpha value is -1.53. The van der Waals surface area contributed by atoms with Gasteiger partial charge < -0.3 is 5.32 Å². The van der Waals surface area contributed by atoms with Crippen LogP contribution in [0.5, 0.6) is 0 Å². The van der Waals surface area contributed by atoms with Gasteiger partial charge in [0.2, 0.25) is 5.91 Å². The van der Waals surface area contributed by atoms with E-state index in [0.29, 0.717) is 17.5 Å². The molecule has 0 aromatic carbocycles. The summed E-state index contributed by atoms with van der Waals surface area (Å²) in [5.74, 6) is 1.84. The highest BCUT2D eigenvalue weighted by atomic mass is 19.4. The van der Waals surface area contributed by atoms with Crippen molar-refractivity contribution in [1.82, 2.24) is 15.1 Å². The number of rotatable bonds is 5. The molecule has 2 bridgehead atoms. The Balaban J connectivity index is 1.47. The maximum atomic E-state index is 13.1. The molecule has 1 amide bonds. The van der Waals surface area contributed by atoms with E-state index in [1.807, 2.05) is 6.92 Å². The van der Waals surface area contributed by atoms with Gasteiger partial charge in [0.1, 0.15) is 6.04 Å². The number of halogens is 3. The number of hydrogen-bond acceptors (Lipinski definition) is 2. The van der Waals surface area contributed by atoms with E-state index in [4.69, 9.17) is 0 Å². The molecule has 26 heavy (non-hydrogen) atoms. The van der Waals surface area contributed by atoms with Crippen LogP contribution in [0.25, 0.3) is 0 Å². The van der Waals surface area contributed by atoms with Crippen molar-refractivity contribution in [2.45, 2.75) is 76.6 Å². The summed E-state index contributed by atoms with van der Waals surface area (Å²) in [6.45, 7) is 3.67. The summed E-state index contributed by atoms with van der Waals surface area (Å²) in [6.07, 6.45) is 2.20. The molecule has 5 unspecified atom stereocenters. The minimum atomic E-state index is -4.48. The Morgan fingerprint density at radius 2 is 1.96 bits per heavy atom. The minimum Gasteiger partial charge on any atom is -0.352 e. The lowest BCUT2D eigenvalue weighted by Crippen LogP contribution is -2.43. The zero-order valence-electron chi connectivity index (χ0n) is 15.2. The van der Waals surface area contributed by atoms with Gasteiger partial charge in [-0.3, -0.25) is 9.48 Å². The van der Waals surface area contributed by atoms with Crippen LogP contribution in [0.2, 0.25) is 0 Å². The Bertz CT molecular complexity index is 695. The fourth-order valence-corrected chi connectivity index (χ4v) is 5.01. The lowest BCUT2D eigenvalue weighted by atomic mass is 9.84. The molecule has 3 aliphatic rings. The Morgan fingerprint density at radius 3 is 2.50 bits per heavy atom. The van der Waals surface area contributed by atoms with Crippen LogP contribution < -0.4 is 5.32 Å². The molecule has 5 atom stereocenters. The van der Waals surface area contributed by atoms with Gasteiger partial charge in [-0.25, -0.2) is 0 Å². The lowest BCUT2D eigenvalue weighted by molar-refractivity contribution is -0.142.